The molecule has 0 atom stereocenters. The van der Waals surface area contributed by atoms with Gasteiger partial charge in [-0.3, -0.25) is 9.59 Å². The monoisotopic (exact) mass is 446 g/mol. The molecule has 0 fully saturated rings. The summed E-state index contributed by atoms with van der Waals surface area (Å²) >= 11 is 1.40. The summed E-state index contributed by atoms with van der Waals surface area (Å²) in [4.78, 5) is 25.3. The molecule has 4 rings (SSSR count). The minimum atomic E-state index is -0.201. The van der Waals surface area contributed by atoms with E-state index in [1.807, 2.05) is 60.0 Å². The molecule has 2 aromatic carbocycles. The quantitative estimate of drug-likeness (QED) is 0.368. The molecule has 0 aliphatic rings. The standard InChI is InChI=1S/C25H22N2O4S/c28-24(20-10-8-18(9-11-20)15-26-25(29)23-7-3-13-32-23)27-21-5-1-4-19(14-21)16-30-17-22-6-2-12-31-22/h1-14H,15-17H2,(H,26,29)(H,27,28). The number of hydrogen-bond donors (Lipinski definition) is 2. The Morgan fingerprint density at radius 3 is 2.50 bits per heavy atom. The largest absolute Gasteiger partial charge is 0.467 e. The van der Waals surface area contributed by atoms with E-state index in [0.717, 1.165) is 16.9 Å². The number of nitrogens with one attached hydrogen (secondary N) is 2. The molecule has 162 valence electrons. The van der Waals surface area contributed by atoms with Crippen molar-refractivity contribution >= 4 is 28.8 Å². The molecule has 4 aromatic rings. The molecule has 0 saturated heterocycles. The first kappa shape index (κ1) is 21.5. The van der Waals surface area contributed by atoms with Gasteiger partial charge in [0.1, 0.15) is 12.4 Å². The number of benzene rings is 2. The van der Waals surface area contributed by atoms with Crippen LogP contribution in [0.1, 0.15) is 36.9 Å². The summed E-state index contributed by atoms with van der Waals surface area (Å²) in [5.41, 5.74) is 3.10. The van der Waals surface area contributed by atoms with Gasteiger partial charge < -0.3 is 19.8 Å². The van der Waals surface area contributed by atoms with Crippen molar-refractivity contribution in [3.8, 4) is 0 Å². The van der Waals surface area contributed by atoms with E-state index < -0.39 is 0 Å². The number of ether oxygens (including phenoxy) is 1. The highest BCUT2D eigenvalue weighted by Gasteiger charge is 2.09. The minimum Gasteiger partial charge on any atom is -0.467 e. The fraction of sp³-hybridized carbons (Fsp3) is 0.120. The highest BCUT2D eigenvalue weighted by atomic mass is 32.1. The van der Waals surface area contributed by atoms with Crippen LogP contribution in [0.3, 0.4) is 0 Å². The second kappa shape index (κ2) is 10.6. The average molecular weight is 447 g/mol. The fourth-order valence-corrected chi connectivity index (χ4v) is 3.70. The van der Waals surface area contributed by atoms with Gasteiger partial charge in [0.25, 0.3) is 11.8 Å². The van der Waals surface area contributed by atoms with E-state index in [1.54, 1.807) is 24.5 Å². The van der Waals surface area contributed by atoms with Crippen molar-refractivity contribution in [3.05, 3.63) is 112 Å². The van der Waals surface area contributed by atoms with E-state index >= 15 is 0 Å². The van der Waals surface area contributed by atoms with Crippen LogP contribution in [-0.4, -0.2) is 11.8 Å². The maximum atomic E-state index is 12.6. The van der Waals surface area contributed by atoms with Crippen LogP contribution in [0, 0.1) is 0 Å². The molecule has 2 heterocycles. The Kier molecular flexibility index (Phi) is 7.12. The van der Waals surface area contributed by atoms with Crippen LogP contribution in [0.25, 0.3) is 0 Å². The lowest BCUT2D eigenvalue weighted by atomic mass is 10.1. The second-order valence-electron chi connectivity index (χ2n) is 7.08. The Morgan fingerprint density at radius 2 is 1.75 bits per heavy atom. The fourth-order valence-electron chi connectivity index (χ4n) is 3.06. The molecule has 2 aromatic heterocycles. The molecule has 0 aliphatic heterocycles. The molecule has 0 bridgehead atoms. The zero-order valence-corrected chi connectivity index (χ0v) is 18.1. The van der Waals surface area contributed by atoms with E-state index in [0.29, 0.717) is 35.9 Å². The Morgan fingerprint density at radius 1 is 0.875 bits per heavy atom. The van der Waals surface area contributed by atoms with Crippen molar-refractivity contribution in [2.45, 2.75) is 19.8 Å². The van der Waals surface area contributed by atoms with E-state index in [1.165, 1.54) is 11.3 Å². The van der Waals surface area contributed by atoms with Crippen molar-refractivity contribution in [3.63, 3.8) is 0 Å². The van der Waals surface area contributed by atoms with Crippen molar-refractivity contribution in [2.75, 3.05) is 5.32 Å². The van der Waals surface area contributed by atoms with Gasteiger partial charge >= 0.3 is 0 Å². The number of furan rings is 1. The van der Waals surface area contributed by atoms with Gasteiger partial charge in [0.15, 0.2) is 0 Å². The molecule has 32 heavy (non-hydrogen) atoms. The third-order valence-corrected chi connectivity index (χ3v) is 5.56. The summed E-state index contributed by atoms with van der Waals surface area (Å²) in [7, 11) is 0. The minimum absolute atomic E-state index is 0.102. The molecular weight excluding hydrogens is 424 g/mol. The Labute approximate surface area is 189 Å². The number of carbonyl (C=O) groups is 2. The van der Waals surface area contributed by atoms with Gasteiger partial charge in [-0.2, -0.15) is 0 Å². The van der Waals surface area contributed by atoms with Crippen molar-refractivity contribution in [1.82, 2.24) is 5.32 Å². The predicted molar refractivity (Wildman–Crippen MR) is 124 cm³/mol. The van der Waals surface area contributed by atoms with Gasteiger partial charge in [-0.1, -0.05) is 30.3 Å². The predicted octanol–water partition coefficient (Wildman–Crippen LogP) is 5.24. The first-order valence-electron chi connectivity index (χ1n) is 10.1. The average Bonchev–Trinajstić information content (AvgIpc) is 3.53. The highest BCUT2D eigenvalue weighted by Crippen LogP contribution is 2.15. The lowest BCUT2D eigenvalue weighted by molar-refractivity contribution is 0.0929. The summed E-state index contributed by atoms with van der Waals surface area (Å²) in [6.45, 7) is 1.21. The molecule has 0 saturated carbocycles. The highest BCUT2D eigenvalue weighted by molar-refractivity contribution is 7.12. The Hall–Kier alpha value is -3.68. The third-order valence-electron chi connectivity index (χ3n) is 4.69. The number of anilines is 1. The summed E-state index contributed by atoms with van der Waals surface area (Å²) in [5.74, 6) is 0.464. The number of hydrogen-bond acceptors (Lipinski definition) is 5. The number of rotatable bonds is 9. The van der Waals surface area contributed by atoms with E-state index in [2.05, 4.69) is 10.6 Å². The van der Waals surface area contributed by atoms with Gasteiger partial charge in [-0.25, -0.2) is 0 Å². The maximum absolute atomic E-state index is 12.6. The SMILES string of the molecule is O=C(Nc1cccc(COCc2ccco2)c1)c1ccc(CNC(=O)c2cccs2)cc1. The smallest absolute Gasteiger partial charge is 0.261 e. The second-order valence-corrected chi connectivity index (χ2v) is 8.03. The lowest BCUT2D eigenvalue weighted by Crippen LogP contribution is -2.21. The van der Waals surface area contributed by atoms with Crippen molar-refractivity contribution < 1.29 is 18.7 Å². The molecule has 2 N–H and O–H groups in total. The normalized spacial score (nSPS) is 10.6. The van der Waals surface area contributed by atoms with Crippen LogP contribution in [0.15, 0.2) is 88.9 Å². The van der Waals surface area contributed by atoms with Gasteiger partial charge in [0, 0.05) is 17.8 Å². The van der Waals surface area contributed by atoms with E-state index in [-0.39, 0.29) is 11.8 Å². The summed E-state index contributed by atoms with van der Waals surface area (Å²) in [5, 5.41) is 7.65. The zero-order valence-electron chi connectivity index (χ0n) is 17.2. The van der Waals surface area contributed by atoms with E-state index in [4.69, 9.17) is 9.15 Å². The summed E-state index contributed by atoms with van der Waals surface area (Å²) < 4.78 is 10.9. The van der Waals surface area contributed by atoms with Crippen molar-refractivity contribution in [1.29, 1.82) is 0 Å². The molecule has 0 unspecified atom stereocenters. The molecule has 0 radical (unpaired) electrons. The lowest BCUT2D eigenvalue weighted by Gasteiger charge is -2.09. The number of thiophene rings is 1. The van der Waals surface area contributed by atoms with Crippen LogP contribution in [0.5, 0.6) is 0 Å². The van der Waals surface area contributed by atoms with Crippen LogP contribution < -0.4 is 10.6 Å². The zero-order chi connectivity index (χ0) is 22.2. The van der Waals surface area contributed by atoms with E-state index in [9.17, 15) is 9.59 Å². The van der Waals surface area contributed by atoms with Crippen LogP contribution >= 0.6 is 11.3 Å². The number of carbonyl (C=O) groups excluding carboxylic acids is 2. The number of amides is 2. The maximum Gasteiger partial charge on any atom is 0.261 e. The molecule has 0 aliphatic carbocycles. The van der Waals surface area contributed by atoms with Gasteiger partial charge in [-0.15, -0.1) is 11.3 Å². The van der Waals surface area contributed by atoms with Gasteiger partial charge in [0.05, 0.1) is 17.7 Å². The summed E-state index contributed by atoms with van der Waals surface area (Å²) in [6.07, 6.45) is 1.61. The van der Waals surface area contributed by atoms with Gasteiger partial charge in [0.2, 0.25) is 0 Å². The molecule has 2 amide bonds. The van der Waals surface area contributed by atoms with Crippen molar-refractivity contribution in [2.24, 2.45) is 0 Å². The molecule has 0 spiro atoms. The van der Waals surface area contributed by atoms with Gasteiger partial charge in [-0.05, 0) is 59.0 Å². The Bertz CT molecular complexity index is 1150. The van der Waals surface area contributed by atoms with Crippen LogP contribution in [0.2, 0.25) is 0 Å². The first-order chi connectivity index (χ1) is 15.7. The van der Waals surface area contributed by atoms with Crippen LogP contribution in [-0.2, 0) is 24.5 Å². The third kappa shape index (κ3) is 5.94. The van der Waals surface area contributed by atoms with Crippen LogP contribution in [0.4, 0.5) is 5.69 Å². The topological polar surface area (TPSA) is 80.6 Å². The molecule has 7 heteroatoms. The molecular formula is C25H22N2O4S. The first-order valence-corrected chi connectivity index (χ1v) is 11.0. The Balaban J connectivity index is 1.28. The molecule has 6 nitrogen and oxygen atoms in total. The summed E-state index contributed by atoms with van der Waals surface area (Å²) in [6, 6.07) is 22.0.